The number of halogens is 1. The van der Waals surface area contributed by atoms with Crippen molar-refractivity contribution in [2.24, 2.45) is 5.73 Å². The molecule has 1 aromatic carbocycles. The summed E-state index contributed by atoms with van der Waals surface area (Å²) in [7, 11) is 0. The van der Waals surface area contributed by atoms with Gasteiger partial charge in [-0.1, -0.05) is 29.8 Å². The van der Waals surface area contributed by atoms with E-state index in [2.05, 4.69) is 10.2 Å². The highest BCUT2D eigenvalue weighted by molar-refractivity contribution is 6.31. The van der Waals surface area contributed by atoms with Crippen LogP contribution in [0.4, 0.5) is 0 Å². The van der Waals surface area contributed by atoms with Crippen molar-refractivity contribution in [3.05, 3.63) is 46.6 Å². The molecule has 1 aromatic heterocycles. The van der Waals surface area contributed by atoms with E-state index in [1.54, 1.807) is 0 Å². The molecule has 0 saturated heterocycles. The van der Waals surface area contributed by atoms with E-state index in [1.165, 1.54) is 0 Å². The Bertz CT molecular complexity index is 470. The van der Waals surface area contributed by atoms with Gasteiger partial charge in [-0.15, -0.1) is 10.2 Å². The first-order chi connectivity index (χ1) is 7.79. The first kappa shape index (κ1) is 11.1. The summed E-state index contributed by atoms with van der Waals surface area (Å²) in [6.07, 6.45) is 1.16. The van der Waals surface area contributed by atoms with Crippen LogP contribution in [-0.4, -0.2) is 16.7 Å². The van der Waals surface area contributed by atoms with Crippen molar-refractivity contribution in [1.29, 1.82) is 0 Å². The molecule has 0 unspecified atom stereocenters. The fourth-order valence-corrected chi connectivity index (χ4v) is 1.59. The van der Waals surface area contributed by atoms with E-state index >= 15 is 0 Å². The molecule has 0 aliphatic carbocycles. The average Bonchev–Trinajstić information content (AvgIpc) is 2.70. The number of hydrogen-bond donors (Lipinski definition) is 1. The maximum Gasteiger partial charge on any atom is 0.220 e. The summed E-state index contributed by atoms with van der Waals surface area (Å²) in [5.74, 6) is 1.14. The minimum Gasteiger partial charge on any atom is -0.425 e. The van der Waals surface area contributed by atoms with Gasteiger partial charge in [-0.05, 0) is 11.6 Å². The predicted molar refractivity (Wildman–Crippen MR) is 61.3 cm³/mol. The average molecular weight is 238 g/mol. The molecule has 5 heteroatoms. The third-order valence-corrected chi connectivity index (χ3v) is 2.54. The first-order valence-electron chi connectivity index (χ1n) is 5.04. The van der Waals surface area contributed by atoms with Gasteiger partial charge in [0.15, 0.2) is 0 Å². The van der Waals surface area contributed by atoms with Gasteiger partial charge in [0.1, 0.15) is 0 Å². The van der Waals surface area contributed by atoms with Crippen molar-refractivity contribution in [1.82, 2.24) is 10.2 Å². The van der Waals surface area contributed by atoms with Crippen molar-refractivity contribution < 1.29 is 4.42 Å². The van der Waals surface area contributed by atoms with Gasteiger partial charge in [0.25, 0.3) is 0 Å². The van der Waals surface area contributed by atoms with Crippen LogP contribution in [0.5, 0.6) is 0 Å². The van der Waals surface area contributed by atoms with Gasteiger partial charge in [0, 0.05) is 18.0 Å². The van der Waals surface area contributed by atoms with E-state index in [1.807, 2.05) is 24.3 Å². The standard InChI is InChI=1S/C11H12ClN3O/c12-9-4-2-1-3-8(9)7-11-15-14-10(16-11)5-6-13/h1-4H,5-7,13H2. The highest BCUT2D eigenvalue weighted by Crippen LogP contribution is 2.18. The second-order valence-corrected chi connectivity index (χ2v) is 3.80. The SMILES string of the molecule is NCCc1nnc(Cc2ccccc2Cl)o1. The molecule has 2 aromatic rings. The van der Waals surface area contributed by atoms with Gasteiger partial charge < -0.3 is 10.2 Å². The molecule has 16 heavy (non-hydrogen) atoms. The minimum atomic E-state index is 0.508. The summed E-state index contributed by atoms with van der Waals surface area (Å²) in [6.45, 7) is 0.508. The zero-order valence-electron chi connectivity index (χ0n) is 8.69. The van der Waals surface area contributed by atoms with Crippen LogP contribution in [-0.2, 0) is 12.8 Å². The lowest BCUT2D eigenvalue weighted by atomic mass is 10.1. The van der Waals surface area contributed by atoms with Crippen LogP contribution < -0.4 is 5.73 Å². The van der Waals surface area contributed by atoms with Crippen LogP contribution in [0.15, 0.2) is 28.7 Å². The van der Waals surface area contributed by atoms with Gasteiger partial charge in [0.2, 0.25) is 11.8 Å². The number of hydrogen-bond acceptors (Lipinski definition) is 4. The molecule has 0 amide bonds. The Hall–Kier alpha value is -1.39. The minimum absolute atomic E-state index is 0.508. The normalized spacial score (nSPS) is 10.6. The number of aromatic nitrogens is 2. The predicted octanol–water partition coefficient (Wildman–Crippen LogP) is 1.81. The summed E-state index contributed by atoms with van der Waals surface area (Å²) in [5.41, 5.74) is 6.38. The highest BCUT2D eigenvalue weighted by atomic mass is 35.5. The third-order valence-electron chi connectivity index (χ3n) is 2.17. The number of nitrogens with zero attached hydrogens (tertiary/aromatic N) is 2. The summed E-state index contributed by atoms with van der Waals surface area (Å²) in [5, 5.41) is 8.54. The molecular weight excluding hydrogens is 226 g/mol. The first-order valence-corrected chi connectivity index (χ1v) is 5.42. The zero-order chi connectivity index (χ0) is 11.4. The Morgan fingerprint density at radius 3 is 2.69 bits per heavy atom. The molecular formula is C11H12ClN3O. The van der Waals surface area contributed by atoms with Gasteiger partial charge in [0.05, 0.1) is 6.42 Å². The van der Waals surface area contributed by atoms with Crippen molar-refractivity contribution in [2.45, 2.75) is 12.8 Å². The Labute approximate surface area is 98.4 Å². The topological polar surface area (TPSA) is 64.9 Å². The summed E-state index contributed by atoms with van der Waals surface area (Å²) >= 11 is 6.03. The van der Waals surface area contributed by atoms with Crippen LogP contribution in [0.25, 0.3) is 0 Å². The quantitative estimate of drug-likeness (QED) is 0.881. The van der Waals surface area contributed by atoms with E-state index in [-0.39, 0.29) is 0 Å². The van der Waals surface area contributed by atoms with E-state index in [4.69, 9.17) is 21.8 Å². The highest BCUT2D eigenvalue weighted by Gasteiger charge is 2.08. The summed E-state index contributed by atoms with van der Waals surface area (Å²) in [4.78, 5) is 0. The number of rotatable bonds is 4. The van der Waals surface area contributed by atoms with Gasteiger partial charge in [-0.25, -0.2) is 0 Å². The molecule has 4 nitrogen and oxygen atoms in total. The lowest BCUT2D eigenvalue weighted by Crippen LogP contribution is -2.02. The molecule has 0 aliphatic rings. The van der Waals surface area contributed by atoms with Crippen molar-refractivity contribution in [3.63, 3.8) is 0 Å². The van der Waals surface area contributed by atoms with Gasteiger partial charge in [-0.2, -0.15) is 0 Å². The molecule has 0 atom stereocenters. The summed E-state index contributed by atoms with van der Waals surface area (Å²) < 4.78 is 5.42. The molecule has 0 saturated carbocycles. The number of benzene rings is 1. The molecule has 0 radical (unpaired) electrons. The molecule has 0 aliphatic heterocycles. The summed E-state index contributed by atoms with van der Waals surface area (Å²) in [6, 6.07) is 7.60. The molecule has 2 N–H and O–H groups in total. The van der Waals surface area contributed by atoms with Crippen molar-refractivity contribution in [2.75, 3.05) is 6.54 Å². The lowest BCUT2D eigenvalue weighted by Gasteiger charge is -1.99. The van der Waals surface area contributed by atoms with Gasteiger partial charge in [-0.3, -0.25) is 0 Å². The molecule has 0 fully saturated rings. The van der Waals surface area contributed by atoms with Crippen LogP contribution in [0.3, 0.4) is 0 Å². The fourth-order valence-electron chi connectivity index (χ4n) is 1.39. The maximum atomic E-state index is 6.03. The second kappa shape index (κ2) is 5.09. The van der Waals surface area contributed by atoms with Crippen LogP contribution in [0, 0.1) is 0 Å². The Balaban J connectivity index is 2.11. The smallest absolute Gasteiger partial charge is 0.220 e. The lowest BCUT2D eigenvalue weighted by molar-refractivity contribution is 0.458. The molecule has 0 spiro atoms. The second-order valence-electron chi connectivity index (χ2n) is 3.40. The Morgan fingerprint density at radius 1 is 1.19 bits per heavy atom. The maximum absolute atomic E-state index is 6.03. The monoisotopic (exact) mass is 237 g/mol. The van der Waals surface area contributed by atoms with E-state index < -0.39 is 0 Å². The van der Waals surface area contributed by atoms with Crippen LogP contribution in [0.1, 0.15) is 17.3 Å². The third kappa shape index (κ3) is 2.59. The largest absolute Gasteiger partial charge is 0.425 e. The van der Waals surface area contributed by atoms with Crippen molar-refractivity contribution in [3.8, 4) is 0 Å². The zero-order valence-corrected chi connectivity index (χ0v) is 9.44. The number of nitrogens with two attached hydrogens (primary N) is 1. The van der Waals surface area contributed by atoms with Gasteiger partial charge >= 0.3 is 0 Å². The van der Waals surface area contributed by atoms with E-state index in [0.717, 1.165) is 5.56 Å². The van der Waals surface area contributed by atoms with Crippen molar-refractivity contribution >= 4 is 11.6 Å². The Kier molecular flexibility index (Phi) is 3.54. The van der Waals surface area contributed by atoms with E-state index in [9.17, 15) is 0 Å². The molecule has 84 valence electrons. The fraction of sp³-hybridized carbons (Fsp3) is 0.273. The van der Waals surface area contributed by atoms with Crippen LogP contribution >= 0.6 is 11.6 Å². The molecule has 2 rings (SSSR count). The molecule has 0 bridgehead atoms. The van der Waals surface area contributed by atoms with Crippen LogP contribution in [0.2, 0.25) is 5.02 Å². The van der Waals surface area contributed by atoms with E-state index in [0.29, 0.717) is 36.2 Å². The Morgan fingerprint density at radius 2 is 1.94 bits per heavy atom. The molecule has 1 heterocycles.